The number of hydrogen-bond acceptors (Lipinski definition) is 8. The highest BCUT2D eigenvalue weighted by Crippen LogP contribution is 2.46. The van der Waals surface area contributed by atoms with Crippen LogP contribution in [-0.4, -0.2) is 91.8 Å². The van der Waals surface area contributed by atoms with Gasteiger partial charge in [-0.25, -0.2) is 26.8 Å². The van der Waals surface area contributed by atoms with E-state index in [0.717, 1.165) is 11.1 Å². The standard InChI is InChI=1S/C25H26F4N8O2/c1-38-22-21-17(14-2-3-18-19(8-14)37(34-32-18)15-9-24(26,27)10-15)4-7-36(21)33-23(31-22)30-20-5-6-35(13-25(20,28)29)16-11-39-12-16/h2-4,7-8,15-16,20H,5-6,9-13H2,1H3,(H,30,33). The Kier molecular flexibility index (Phi) is 5.50. The maximum atomic E-state index is 15.0. The number of alkyl halides is 4. The summed E-state index contributed by atoms with van der Waals surface area (Å²) in [7, 11) is 1.45. The SMILES string of the molecule is COc1nc(NC2CCN(C3COC3)CC2(F)F)nn2ccc(-c3ccc4nnn(C5CC(F)(F)C5)c4c3)c12. The molecule has 1 saturated carbocycles. The van der Waals surface area contributed by atoms with Gasteiger partial charge in [0, 0.05) is 31.1 Å². The molecule has 0 bridgehead atoms. The molecule has 1 unspecified atom stereocenters. The molecule has 5 heterocycles. The van der Waals surface area contributed by atoms with Crippen LogP contribution in [0.5, 0.6) is 5.88 Å². The molecule has 2 aliphatic heterocycles. The predicted octanol–water partition coefficient (Wildman–Crippen LogP) is 3.64. The van der Waals surface area contributed by atoms with Crippen LogP contribution in [0.3, 0.4) is 0 Å². The molecule has 3 aliphatic rings. The Hall–Kier alpha value is -3.52. The molecule has 10 nitrogen and oxygen atoms in total. The van der Waals surface area contributed by atoms with Gasteiger partial charge in [-0.2, -0.15) is 4.98 Å². The number of nitrogens with one attached hydrogen (secondary N) is 1. The fourth-order valence-corrected chi connectivity index (χ4v) is 5.65. The minimum Gasteiger partial charge on any atom is -0.479 e. The van der Waals surface area contributed by atoms with Crippen LogP contribution in [-0.2, 0) is 4.74 Å². The average Bonchev–Trinajstić information content (AvgIpc) is 3.46. The normalized spacial score (nSPS) is 23.6. The monoisotopic (exact) mass is 546 g/mol. The molecule has 1 aromatic carbocycles. The number of rotatable bonds is 6. The van der Waals surface area contributed by atoms with Crippen LogP contribution in [0.4, 0.5) is 23.5 Å². The molecule has 206 valence electrons. The maximum Gasteiger partial charge on any atom is 0.280 e. The van der Waals surface area contributed by atoms with Crippen LogP contribution in [0.15, 0.2) is 30.5 Å². The number of likely N-dealkylation sites (tertiary alicyclic amines) is 1. The van der Waals surface area contributed by atoms with E-state index in [4.69, 9.17) is 9.47 Å². The fourth-order valence-electron chi connectivity index (χ4n) is 5.65. The number of benzene rings is 1. The highest BCUT2D eigenvalue weighted by molar-refractivity contribution is 5.89. The number of nitrogens with zero attached hydrogens (tertiary/aromatic N) is 7. The topological polar surface area (TPSA) is 94.6 Å². The molecule has 3 aromatic heterocycles. The van der Waals surface area contributed by atoms with Gasteiger partial charge < -0.3 is 14.8 Å². The molecule has 0 amide bonds. The van der Waals surface area contributed by atoms with E-state index in [1.165, 1.54) is 11.6 Å². The zero-order chi connectivity index (χ0) is 26.9. The van der Waals surface area contributed by atoms with Crippen molar-refractivity contribution in [3.8, 4) is 17.0 Å². The number of ether oxygens (including phenoxy) is 2. The van der Waals surface area contributed by atoms with Crippen LogP contribution >= 0.6 is 0 Å². The van der Waals surface area contributed by atoms with Crippen molar-refractivity contribution in [2.75, 3.05) is 38.7 Å². The summed E-state index contributed by atoms with van der Waals surface area (Å²) in [6, 6.07) is 5.79. The van der Waals surface area contributed by atoms with Gasteiger partial charge in [-0.15, -0.1) is 10.2 Å². The third kappa shape index (κ3) is 4.16. The number of methoxy groups -OCH3 is 1. The average molecular weight is 547 g/mol. The number of halogens is 4. The molecule has 2 saturated heterocycles. The molecular weight excluding hydrogens is 520 g/mol. The zero-order valence-electron chi connectivity index (χ0n) is 21.0. The Bertz CT molecular complexity index is 1540. The Morgan fingerprint density at radius 2 is 1.92 bits per heavy atom. The van der Waals surface area contributed by atoms with Gasteiger partial charge in [0.2, 0.25) is 11.8 Å². The van der Waals surface area contributed by atoms with Gasteiger partial charge in [0.1, 0.15) is 11.0 Å². The summed E-state index contributed by atoms with van der Waals surface area (Å²) in [5.74, 6) is -5.40. The summed E-state index contributed by atoms with van der Waals surface area (Å²) in [5.41, 5.74) is 3.29. The van der Waals surface area contributed by atoms with Crippen LogP contribution in [0.25, 0.3) is 27.7 Å². The summed E-state index contributed by atoms with van der Waals surface area (Å²) < 4.78 is 70.8. The molecule has 39 heavy (non-hydrogen) atoms. The van der Waals surface area contributed by atoms with E-state index < -0.39 is 23.9 Å². The second kappa shape index (κ2) is 8.74. The third-order valence-electron chi connectivity index (χ3n) is 7.94. The summed E-state index contributed by atoms with van der Waals surface area (Å²) in [5, 5.41) is 15.5. The Morgan fingerprint density at radius 1 is 1.10 bits per heavy atom. The van der Waals surface area contributed by atoms with Crippen molar-refractivity contribution in [2.45, 2.75) is 49.2 Å². The van der Waals surface area contributed by atoms with Crippen molar-refractivity contribution in [3.63, 3.8) is 0 Å². The number of anilines is 1. The zero-order valence-corrected chi connectivity index (χ0v) is 21.0. The molecule has 4 aromatic rings. The van der Waals surface area contributed by atoms with Gasteiger partial charge in [0.25, 0.3) is 11.8 Å². The van der Waals surface area contributed by atoms with Crippen molar-refractivity contribution >= 4 is 22.5 Å². The molecule has 1 aliphatic carbocycles. The van der Waals surface area contributed by atoms with E-state index in [0.29, 0.717) is 36.3 Å². The van der Waals surface area contributed by atoms with Crippen molar-refractivity contribution < 1.29 is 27.0 Å². The lowest BCUT2D eigenvalue weighted by Gasteiger charge is -2.44. The number of piperidine rings is 1. The van der Waals surface area contributed by atoms with Crippen molar-refractivity contribution in [2.24, 2.45) is 0 Å². The Labute approximate surface area is 219 Å². The molecule has 0 radical (unpaired) electrons. The molecule has 1 N–H and O–H groups in total. The van der Waals surface area contributed by atoms with E-state index in [2.05, 4.69) is 25.7 Å². The highest BCUT2D eigenvalue weighted by atomic mass is 19.3. The highest BCUT2D eigenvalue weighted by Gasteiger charge is 2.48. The first kappa shape index (κ1) is 24.5. The summed E-state index contributed by atoms with van der Waals surface area (Å²) in [6.45, 7) is 1.16. The minimum atomic E-state index is -2.97. The molecule has 3 fully saturated rings. The molecule has 1 atom stereocenters. The van der Waals surface area contributed by atoms with Crippen molar-refractivity contribution in [1.29, 1.82) is 0 Å². The van der Waals surface area contributed by atoms with Gasteiger partial charge in [-0.3, -0.25) is 4.90 Å². The lowest BCUT2D eigenvalue weighted by molar-refractivity contribution is -0.131. The molecule has 14 heteroatoms. The quantitative estimate of drug-likeness (QED) is 0.367. The second-order valence-corrected chi connectivity index (χ2v) is 10.5. The van der Waals surface area contributed by atoms with Gasteiger partial charge in [0.15, 0.2) is 0 Å². The van der Waals surface area contributed by atoms with Crippen LogP contribution < -0.4 is 10.1 Å². The van der Waals surface area contributed by atoms with Gasteiger partial charge >= 0.3 is 0 Å². The maximum absolute atomic E-state index is 15.0. The lowest BCUT2D eigenvalue weighted by Crippen LogP contribution is -2.61. The Morgan fingerprint density at radius 3 is 2.62 bits per heavy atom. The van der Waals surface area contributed by atoms with Crippen LogP contribution in [0.1, 0.15) is 25.3 Å². The first-order valence-corrected chi connectivity index (χ1v) is 12.8. The number of aromatic nitrogens is 6. The molecular formula is C25H26F4N8O2. The number of fused-ring (bicyclic) bond motifs is 2. The van der Waals surface area contributed by atoms with Crippen molar-refractivity contribution in [1.82, 2.24) is 34.5 Å². The summed E-state index contributed by atoms with van der Waals surface area (Å²) >= 11 is 0. The predicted molar refractivity (Wildman–Crippen MR) is 132 cm³/mol. The van der Waals surface area contributed by atoms with Gasteiger partial charge in [-0.1, -0.05) is 11.3 Å². The van der Waals surface area contributed by atoms with E-state index in [-0.39, 0.29) is 43.7 Å². The fraction of sp³-hybridized carbons (Fsp3) is 0.520. The van der Waals surface area contributed by atoms with Crippen LogP contribution in [0, 0.1) is 0 Å². The summed E-state index contributed by atoms with van der Waals surface area (Å²) in [4.78, 5) is 6.19. The Balaban J connectivity index is 1.18. The first-order valence-electron chi connectivity index (χ1n) is 12.8. The second-order valence-electron chi connectivity index (χ2n) is 10.5. The molecule has 0 spiro atoms. The number of hydrogen-bond donors (Lipinski definition) is 1. The van der Waals surface area contributed by atoms with E-state index in [9.17, 15) is 8.78 Å². The van der Waals surface area contributed by atoms with Gasteiger partial charge in [-0.05, 0) is 30.2 Å². The minimum absolute atomic E-state index is 0.0373. The van der Waals surface area contributed by atoms with Gasteiger partial charge in [0.05, 0.1) is 50.5 Å². The van der Waals surface area contributed by atoms with E-state index in [1.54, 1.807) is 21.8 Å². The lowest BCUT2D eigenvalue weighted by atomic mass is 9.88. The molecule has 7 rings (SSSR count). The third-order valence-corrected chi connectivity index (χ3v) is 7.94. The largest absolute Gasteiger partial charge is 0.479 e. The first-order chi connectivity index (χ1) is 18.7. The van der Waals surface area contributed by atoms with E-state index >= 15 is 8.78 Å². The van der Waals surface area contributed by atoms with Crippen molar-refractivity contribution in [3.05, 3.63) is 30.5 Å². The summed E-state index contributed by atoms with van der Waals surface area (Å²) in [6.07, 6.45) is 1.40. The van der Waals surface area contributed by atoms with E-state index in [1.807, 2.05) is 18.2 Å². The smallest absolute Gasteiger partial charge is 0.280 e. The van der Waals surface area contributed by atoms with Crippen LogP contribution in [0.2, 0.25) is 0 Å².